The number of hydrogen-bond donors (Lipinski definition) is 1. The van der Waals surface area contributed by atoms with Gasteiger partial charge in [0.05, 0.1) is 24.0 Å². The Morgan fingerprint density at radius 1 is 1.10 bits per heavy atom. The molecule has 112 valence electrons. The molecule has 6 heteroatoms. The molecular weight excluding hydrogens is 279 g/mol. The molecule has 1 N–H and O–H groups in total. The van der Waals surface area contributed by atoms with Crippen molar-refractivity contribution in [2.45, 2.75) is 38.3 Å². The summed E-state index contributed by atoms with van der Waals surface area (Å²) in [6, 6.07) is 3.65. The predicted molar refractivity (Wildman–Crippen MR) is 73.4 cm³/mol. The molecule has 3 nitrogen and oxygen atoms in total. The van der Waals surface area contributed by atoms with Crippen molar-refractivity contribution < 1.29 is 13.2 Å². The molecule has 0 aliphatic heterocycles. The Kier molecular flexibility index (Phi) is 3.86. The van der Waals surface area contributed by atoms with Gasteiger partial charge < -0.3 is 5.32 Å². The quantitative estimate of drug-likeness (QED) is 0.863. The van der Waals surface area contributed by atoms with E-state index in [2.05, 4.69) is 10.4 Å². The van der Waals surface area contributed by atoms with Crippen molar-refractivity contribution in [2.75, 3.05) is 5.32 Å². The third-order valence-corrected chi connectivity index (χ3v) is 3.83. The monoisotopic (exact) mass is 295 g/mol. The van der Waals surface area contributed by atoms with Gasteiger partial charge in [-0.05, 0) is 18.9 Å². The van der Waals surface area contributed by atoms with Crippen molar-refractivity contribution in [3.05, 3.63) is 47.5 Å². The molecule has 1 aliphatic carbocycles. The van der Waals surface area contributed by atoms with Crippen LogP contribution in [0.2, 0.25) is 0 Å². The topological polar surface area (TPSA) is 29.9 Å². The third kappa shape index (κ3) is 3.04. The highest BCUT2D eigenvalue weighted by Crippen LogP contribution is 2.28. The summed E-state index contributed by atoms with van der Waals surface area (Å²) >= 11 is 0. The molecule has 0 unspecified atom stereocenters. The number of anilines is 1. The number of rotatable bonds is 4. The van der Waals surface area contributed by atoms with Gasteiger partial charge in [-0.15, -0.1) is 0 Å². The van der Waals surface area contributed by atoms with Crippen molar-refractivity contribution >= 4 is 5.69 Å². The molecule has 1 fully saturated rings. The summed E-state index contributed by atoms with van der Waals surface area (Å²) in [5.74, 6) is -3.08. The van der Waals surface area contributed by atoms with Gasteiger partial charge in [-0.3, -0.25) is 4.68 Å². The van der Waals surface area contributed by atoms with E-state index in [-0.39, 0.29) is 12.2 Å². The van der Waals surface area contributed by atoms with Crippen LogP contribution in [-0.4, -0.2) is 9.78 Å². The first-order valence-corrected chi connectivity index (χ1v) is 7.06. The van der Waals surface area contributed by atoms with Crippen LogP contribution in [0.1, 0.15) is 37.4 Å². The number of aromatic nitrogens is 2. The summed E-state index contributed by atoms with van der Waals surface area (Å²) in [5, 5.41) is 7.18. The Morgan fingerprint density at radius 3 is 2.57 bits per heavy atom. The zero-order valence-corrected chi connectivity index (χ0v) is 11.5. The lowest BCUT2D eigenvalue weighted by Gasteiger charge is -2.09. The first-order chi connectivity index (χ1) is 10.1. The molecule has 2 aromatic rings. The van der Waals surface area contributed by atoms with Gasteiger partial charge in [0.15, 0.2) is 11.6 Å². The van der Waals surface area contributed by atoms with E-state index in [1.807, 2.05) is 16.9 Å². The van der Waals surface area contributed by atoms with Gasteiger partial charge in [0.25, 0.3) is 0 Å². The van der Waals surface area contributed by atoms with Crippen LogP contribution < -0.4 is 5.32 Å². The zero-order valence-electron chi connectivity index (χ0n) is 11.5. The van der Waals surface area contributed by atoms with E-state index in [4.69, 9.17) is 0 Å². The van der Waals surface area contributed by atoms with Crippen LogP contribution >= 0.6 is 0 Å². The highest BCUT2D eigenvalue weighted by molar-refractivity contribution is 5.45. The number of nitrogens with zero attached hydrogens (tertiary/aromatic N) is 2. The van der Waals surface area contributed by atoms with Crippen LogP contribution in [0.4, 0.5) is 18.9 Å². The van der Waals surface area contributed by atoms with E-state index < -0.39 is 17.5 Å². The molecule has 1 aromatic carbocycles. The minimum atomic E-state index is -1.19. The summed E-state index contributed by atoms with van der Waals surface area (Å²) in [5.41, 5.74) is 0.676. The van der Waals surface area contributed by atoms with Crippen molar-refractivity contribution in [3.8, 4) is 0 Å². The van der Waals surface area contributed by atoms with Crippen LogP contribution in [0, 0.1) is 17.5 Å². The van der Waals surface area contributed by atoms with Gasteiger partial charge >= 0.3 is 0 Å². The zero-order chi connectivity index (χ0) is 14.8. The molecule has 1 saturated carbocycles. The second-order valence-corrected chi connectivity index (χ2v) is 5.33. The summed E-state index contributed by atoms with van der Waals surface area (Å²) in [4.78, 5) is 0. The molecule has 0 radical (unpaired) electrons. The maximum atomic E-state index is 13.5. The van der Waals surface area contributed by atoms with Crippen LogP contribution in [-0.2, 0) is 6.54 Å². The number of hydrogen-bond acceptors (Lipinski definition) is 2. The van der Waals surface area contributed by atoms with Crippen LogP contribution in [0.3, 0.4) is 0 Å². The van der Waals surface area contributed by atoms with Crippen molar-refractivity contribution in [1.82, 2.24) is 9.78 Å². The Balaban J connectivity index is 1.66. The van der Waals surface area contributed by atoms with Crippen molar-refractivity contribution in [2.24, 2.45) is 0 Å². The Bertz CT molecular complexity index is 633. The molecule has 21 heavy (non-hydrogen) atoms. The molecule has 1 aromatic heterocycles. The summed E-state index contributed by atoms with van der Waals surface area (Å²) in [6.45, 7) is 0.266. The minimum absolute atomic E-state index is 0.0654. The fraction of sp³-hybridized carbons (Fsp3) is 0.400. The lowest BCUT2D eigenvalue weighted by atomic mass is 10.2. The summed E-state index contributed by atoms with van der Waals surface area (Å²) in [6.07, 6.45) is 6.61. The smallest absolute Gasteiger partial charge is 0.161 e. The standard InChI is InChI=1S/C15H16F3N3/c16-12-7-14(18)15(8-13(12)17)19-9-10-5-6-21(20-10)11-3-1-2-4-11/h5-8,11,19H,1-4,9H2. The Labute approximate surface area is 120 Å². The second kappa shape index (κ2) is 5.79. The number of nitrogens with one attached hydrogen (secondary N) is 1. The fourth-order valence-corrected chi connectivity index (χ4v) is 2.69. The highest BCUT2D eigenvalue weighted by Gasteiger charge is 2.17. The van der Waals surface area contributed by atoms with Gasteiger partial charge in [0.2, 0.25) is 0 Å². The maximum absolute atomic E-state index is 13.5. The SMILES string of the molecule is Fc1cc(F)c(NCc2ccn(C3CCCC3)n2)cc1F. The van der Waals surface area contributed by atoms with Gasteiger partial charge in [-0.2, -0.15) is 5.10 Å². The van der Waals surface area contributed by atoms with E-state index in [9.17, 15) is 13.2 Å². The van der Waals surface area contributed by atoms with E-state index >= 15 is 0 Å². The number of benzene rings is 1. The van der Waals surface area contributed by atoms with Gasteiger partial charge in [0, 0.05) is 18.3 Å². The fourth-order valence-electron chi connectivity index (χ4n) is 2.69. The largest absolute Gasteiger partial charge is 0.377 e. The van der Waals surface area contributed by atoms with E-state index in [1.54, 1.807) is 0 Å². The average molecular weight is 295 g/mol. The molecule has 3 rings (SSSR count). The first kappa shape index (κ1) is 14.0. The van der Waals surface area contributed by atoms with E-state index in [0.717, 1.165) is 24.6 Å². The molecule has 0 saturated heterocycles. The lowest BCUT2D eigenvalue weighted by molar-refractivity contribution is 0.463. The minimum Gasteiger partial charge on any atom is -0.377 e. The Hall–Kier alpha value is -1.98. The third-order valence-electron chi connectivity index (χ3n) is 3.83. The predicted octanol–water partition coefficient (Wildman–Crippen LogP) is 4.03. The molecule has 0 spiro atoms. The van der Waals surface area contributed by atoms with Gasteiger partial charge in [-0.25, -0.2) is 13.2 Å². The lowest BCUT2D eigenvalue weighted by Crippen LogP contribution is -2.08. The average Bonchev–Trinajstić information content (AvgIpc) is 3.11. The Morgan fingerprint density at radius 2 is 1.81 bits per heavy atom. The van der Waals surface area contributed by atoms with E-state index in [0.29, 0.717) is 12.1 Å². The van der Waals surface area contributed by atoms with Crippen LogP contribution in [0.5, 0.6) is 0 Å². The van der Waals surface area contributed by atoms with Crippen molar-refractivity contribution in [1.29, 1.82) is 0 Å². The van der Waals surface area contributed by atoms with Crippen molar-refractivity contribution in [3.63, 3.8) is 0 Å². The van der Waals surface area contributed by atoms with Gasteiger partial charge in [0.1, 0.15) is 5.82 Å². The molecule has 1 heterocycles. The molecular formula is C15H16F3N3. The first-order valence-electron chi connectivity index (χ1n) is 7.06. The summed E-state index contributed by atoms with van der Waals surface area (Å²) in [7, 11) is 0. The maximum Gasteiger partial charge on any atom is 0.161 e. The van der Waals surface area contributed by atoms with E-state index in [1.165, 1.54) is 12.8 Å². The molecule has 0 bridgehead atoms. The molecule has 0 atom stereocenters. The molecule has 0 amide bonds. The van der Waals surface area contributed by atoms with Crippen LogP contribution in [0.25, 0.3) is 0 Å². The second-order valence-electron chi connectivity index (χ2n) is 5.33. The summed E-state index contributed by atoms with van der Waals surface area (Å²) < 4.78 is 41.4. The molecule has 1 aliphatic rings. The van der Waals surface area contributed by atoms with Gasteiger partial charge in [-0.1, -0.05) is 12.8 Å². The van der Waals surface area contributed by atoms with Crippen LogP contribution in [0.15, 0.2) is 24.4 Å². The normalized spacial score (nSPS) is 15.6. The number of halogens is 3. The highest BCUT2D eigenvalue weighted by atomic mass is 19.2.